The molecule has 0 atom stereocenters. The standard InChI is InChI=1S/C17H24N2O3/c1-3-19(4-2)12-15-7-5-14(6-8-15)11-18-17(20)16-13-21-9-10-22-16/h5-8,13H,3-4,9-12H2,1-2H3,(H,18,20). The van der Waals surface area contributed by atoms with Gasteiger partial charge in [0.25, 0.3) is 5.91 Å². The van der Waals surface area contributed by atoms with Crippen molar-refractivity contribution in [3.63, 3.8) is 0 Å². The molecule has 22 heavy (non-hydrogen) atoms. The van der Waals surface area contributed by atoms with Crippen molar-refractivity contribution in [2.24, 2.45) is 0 Å². The summed E-state index contributed by atoms with van der Waals surface area (Å²) < 4.78 is 10.3. The van der Waals surface area contributed by atoms with Gasteiger partial charge in [-0.3, -0.25) is 9.69 Å². The van der Waals surface area contributed by atoms with E-state index in [1.165, 1.54) is 11.8 Å². The molecule has 1 heterocycles. The quantitative estimate of drug-likeness (QED) is 0.837. The highest BCUT2D eigenvalue weighted by atomic mass is 16.6. The summed E-state index contributed by atoms with van der Waals surface area (Å²) in [6.07, 6.45) is 1.37. The van der Waals surface area contributed by atoms with Crippen LogP contribution in [0.25, 0.3) is 0 Å². The molecule has 1 aromatic rings. The molecule has 1 N–H and O–H groups in total. The van der Waals surface area contributed by atoms with Crippen LogP contribution in [0.5, 0.6) is 0 Å². The molecule has 0 aromatic heterocycles. The Morgan fingerprint density at radius 3 is 2.41 bits per heavy atom. The van der Waals surface area contributed by atoms with Crippen LogP contribution in [0.3, 0.4) is 0 Å². The number of carbonyl (C=O) groups is 1. The molecule has 0 aliphatic carbocycles. The number of ether oxygens (including phenoxy) is 2. The Bertz CT molecular complexity index is 507. The Morgan fingerprint density at radius 2 is 1.82 bits per heavy atom. The smallest absolute Gasteiger partial charge is 0.289 e. The van der Waals surface area contributed by atoms with Gasteiger partial charge in [0.1, 0.15) is 19.5 Å². The summed E-state index contributed by atoms with van der Waals surface area (Å²) in [4.78, 5) is 14.2. The summed E-state index contributed by atoms with van der Waals surface area (Å²) in [7, 11) is 0. The maximum atomic E-state index is 11.9. The van der Waals surface area contributed by atoms with Gasteiger partial charge in [-0.1, -0.05) is 38.1 Å². The zero-order valence-corrected chi connectivity index (χ0v) is 13.3. The summed E-state index contributed by atoms with van der Waals surface area (Å²) in [5, 5.41) is 2.83. The minimum absolute atomic E-state index is 0.240. The molecule has 1 aliphatic rings. The van der Waals surface area contributed by atoms with Gasteiger partial charge in [0.15, 0.2) is 0 Å². The summed E-state index contributed by atoms with van der Waals surface area (Å²) in [5.41, 5.74) is 2.35. The van der Waals surface area contributed by atoms with E-state index in [-0.39, 0.29) is 11.7 Å². The van der Waals surface area contributed by atoms with Crippen molar-refractivity contribution < 1.29 is 14.3 Å². The second-order valence-corrected chi connectivity index (χ2v) is 5.16. The number of carbonyl (C=O) groups excluding carboxylic acids is 1. The van der Waals surface area contributed by atoms with Crippen LogP contribution in [0.4, 0.5) is 0 Å². The van der Waals surface area contributed by atoms with Gasteiger partial charge in [-0.15, -0.1) is 0 Å². The average molecular weight is 304 g/mol. The summed E-state index contributed by atoms with van der Waals surface area (Å²) in [6, 6.07) is 8.32. The van der Waals surface area contributed by atoms with Crippen molar-refractivity contribution in [3.05, 3.63) is 47.4 Å². The molecule has 120 valence electrons. The monoisotopic (exact) mass is 304 g/mol. The molecule has 1 aromatic carbocycles. The first kappa shape index (κ1) is 16.4. The van der Waals surface area contributed by atoms with E-state index >= 15 is 0 Å². The molecule has 5 nitrogen and oxygen atoms in total. The number of hydrogen-bond donors (Lipinski definition) is 1. The number of rotatable bonds is 7. The topological polar surface area (TPSA) is 50.8 Å². The van der Waals surface area contributed by atoms with Gasteiger partial charge in [-0.05, 0) is 24.2 Å². The summed E-state index contributed by atoms with van der Waals surface area (Å²) in [5.74, 6) is -0.00341. The second kappa shape index (κ2) is 8.44. The van der Waals surface area contributed by atoms with Crippen LogP contribution >= 0.6 is 0 Å². The minimum Gasteiger partial charge on any atom is -0.494 e. The third kappa shape index (κ3) is 4.77. The SMILES string of the molecule is CCN(CC)Cc1ccc(CNC(=O)C2=COCCO2)cc1. The van der Waals surface area contributed by atoms with E-state index in [4.69, 9.17) is 9.47 Å². The van der Waals surface area contributed by atoms with E-state index in [9.17, 15) is 4.79 Å². The van der Waals surface area contributed by atoms with Crippen LogP contribution in [0.2, 0.25) is 0 Å². The predicted octanol–water partition coefficient (Wildman–Crippen LogP) is 2.03. The lowest BCUT2D eigenvalue weighted by molar-refractivity contribution is -0.122. The fourth-order valence-corrected chi connectivity index (χ4v) is 2.22. The van der Waals surface area contributed by atoms with Crippen molar-refractivity contribution in [2.45, 2.75) is 26.9 Å². The van der Waals surface area contributed by atoms with Gasteiger partial charge >= 0.3 is 0 Å². The highest BCUT2D eigenvalue weighted by Crippen LogP contribution is 2.09. The normalized spacial score (nSPS) is 14.0. The first-order valence-electron chi connectivity index (χ1n) is 7.75. The van der Waals surface area contributed by atoms with Crippen molar-refractivity contribution in [3.8, 4) is 0 Å². The lowest BCUT2D eigenvalue weighted by Gasteiger charge is -2.18. The van der Waals surface area contributed by atoms with Gasteiger partial charge in [-0.2, -0.15) is 0 Å². The molecule has 0 bridgehead atoms. The van der Waals surface area contributed by atoms with Crippen LogP contribution in [-0.2, 0) is 27.4 Å². The van der Waals surface area contributed by atoms with Gasteiger partial charge in [-0.25, -0.2) is 0 Å². The Kier molecular flexibility index (Phi) is 6.27. The van der Waals surface area contributed by atoms with Gasteiger partial charge in [0.2, 0.25) is 5.76 Å². The molecule has 1 amide bonds. The first-order valence-corrected chi connectivity index (χ1v) is 7.75. The molecular weight excluding hydrogens is 280 g/mol. The van der Waals surface area contributed by atoms with Crippen LogP contribution in [0.1, 0.15) is 25.0 Å². The summed E-state index contributed by atoms with van der Waals surface area (Å²) >= 11 is 0. The molecule has 0 saturated carbocycles. The van der Waals surface area contributed by atoms with Gasteiger partial charge in [0.05, 0.1) is 0 Å². The average Bonchev–Trinajstić information content (AvgIpc) is 2.59. The maximum Gasteiger partial charge on any atom is 0.289 e. The number of nitrogens with one attached hydrogen (secondary N) is 1. The molecular formula is C17H24N2O3. The molecule has 0 radical (unpaired) electrons. The van der Waals surface area contributed by atoms with E-state index in [1.54, 1.807) is 0 Å². The number of benzene rings is 1. The van der Waals surface area contributed by atoms with E-state index in [1.807, 2.05) is 12.1 Å². The van der Waals surface area contributed by atoms with Crippen molar-refractivity contribution >= 4 is 5.91 Å². The van der Waals surface area contributed by atoms with Crippen molar-refractivity contribution in [1.29, 1.82) is 0 Å². The molecule has 0 fully saturated rings. The first-order chi connectivity index (χ1) is 10.7. The Labute approximate surface area is 131 Å². The maximum absolute atomic E-state index is 11.9. The minimum atomic E-state index is -0.244. The third-order valence-electron chi connectivity index (χ3n) is 3.65. The molecule has 0 unspecified atom stereocenters. The largest absolute Gasteiger partial charge is 0.494 e. The third-order valence-corrected chi connectivity index (χ3v) is 3.65. The van der Waals surface area contributed by atoms with Gasteiger partial charge in [0, 0.05) is 13.1 Å². The molecule has 5 heteroatoms. The highest BCUT2D eigenvalue weighted by Gasteiger charge is 2.14. The zero-order valence-electron chi connectivity index (χ0n) is 13.3. The number of hydrogen-bond acceptors (Lipinski definition) is 4. The Morgan fingerprint density at radius 1 is 1.14 bits per heavy atom. The predicted molar refractivity (Wildman–Crippen MR) is 84.9 cm³/mol. The van der Waals surface area contributed by atoms with E-state index in [2.05, 4.69) is 36.2 Å². The van der Waals surface area contributed by atoms with Crippen LogP contribution in [-0.4, -0.2) is 37.1 Å². The Balaban J connectivity index is 1.83. The fourth-order valence-electron chi connectivity index (χ4n) is 2.22. The van der Waals surface area contributed by atoms with Crippen LogP contribution in [0.15, 0.2) is 36.3 Å². The molecule has 2 rings (SSSR count). The lowest BCUT2D eigenvalue weighted by atomic mass is 10.1. The molecule has 0 spiro atoms. The number of nitrogens with zero attached hydrogens (tertiary/aromatic N) is 1. The highest BCUT2D eigenvalue weighted by molar-refractivity contribution is 5.91. The summed E-state index contributed by atoms with van der Waals surface area (Å²) in [6.45, 7) is 8.77. The van der Waals surface area contributed by atoms with Crippen LogP contribution < -0.4 is 5.32 Å². The van der Waals surface area contributed by atoms with Crippen molar-refractivity contribution in [2.75, 3.05) is 26.3 Å². The van der Waals surface area contributed by atoms with Crippen LogP contribution in [0, 0.1) is 0 Å². The van der Waals surface area contributed by atoms with Gasteiger partial charge < -0.3 is 14.8 Å². The molecule has 1 aliphatic heterocycles. The lowest BCUT2D eigenvalue weighted by Crippen LogP contribution is -2.28. The van der Waals surface area contributed by atoms with E-state index in [0.717, 1.165) is 25.2 Å². The zero-order chi connectivity index (χ0) is 15.8. The Hall–Kier alpha value is -2.01. The van der Waals surface area contributed by atoms with E-state index in [0.29, 0.717) is 19.8 Å². The fraction of sp³-hybridized carbons (Fsp3) is 0.471. The molecule has 0 saturated heterocycles. The second-order valence-electron chi connectivity index (χ2n) is 5.16. The number of amides is 1. The van der Waals surface area contributed by atoms with E-state index < -0.39 is 0 Å². The van der Waals surface area contributed by atoms with Crippen molar-refractivity contribution in [1.82, 2.24) is 10.2 Å².